The van der Waals surface area contributed by atoms with Gasteiger partial charge in [-0.15, -0.1) is 0 Å². The summed E-state index contributed by atoms with van der Waals surface area (Å²) in [6, 6.07) is 15.8. The van der Waals surface area contributed by atoms with E-state index in [9.17, 15) is 4.79 Å². The average Bonchev–Trinajstić information content (AvgIpc) is 2.46. The molecule has 0 saturated carbocycles. The minimum absolute atomic E-state index is 0.000311. The Morgan fingerprint density at radius 2 is 1.78 bits per heavy atom. The van der Waals surface area contributed by atoms with Crippen LogP contribution in [0.15, 0.2) is 48.5 Å². The highest BCUT2D eigenvalue weighted by Crippen LogP contribution is 2.24. The molecule has 0 fully saturated rings. The second-order valence-electron chi connectivity index (χ2n) is 6.97. The van der Waals surface area contributed by atoms with Crippen LogP contribution in [0.2, 0.25) is 5.02 Å². The van der Waals surface area contributed by atoms with E-state index in [1.807, 2.05) is 31.2 Å². The summed E-state index contributed by atoms with van der Waals surface area (Å²) in [6.45, 7) is 8.58. The molecule has 0 aliphatic carbocycles. The van der Waals surface area contributed by atoms with Crippen molar-refractivity contribution < 1.29 is 4.79 Å². The van der Waals surface area contributed by atoms with E-state index in [2.05, 4.69) is 50.4 Å². The van der Waals surface area contributed by atoms with E-state index in [-0.39, 0.29) is 17.4 Å². The van der Waals surface area contributed by atoms with E-state index in [4.69, 9.17) is 11.6 Å². The van der Waals surface area contributed by atoms with Gasteiger partial charge in [0, 0.05) is 5.02 Å². The highest BCUT2D eigenvalue weighted by molar-refractivity contribution is 6.30. The van der Waals surface area contributed by atoms with Crippen LogP contribution in [-0.4, -0.2) is 5.91 Å². The number of halogens is 1. The molecule has 0 aromatic heterocycles. The van der Waals surface area contributed by atoms with Crippen molar-refractivity contribution in [2.45, 2.75) is 45.6 Å². The fraction of sp³-hybridized carbons (Fsp3) is 0.350. The number of carbonyl (C=O) groups is 1. The molecule has 0 saturated heterocycles. The van der Waals surface area contributed by atoms with Gasteiger partial charge in [0.25, 0.3) is 0 Å². The zero-order chi connectivity index (χ0) is 17.0. The number of hydrogen-bond donors (Lipinski definition) is 1. The van der Waals surface area contributed by atoms with Crippen molar-refractivity contribution in [2.75, 3.05) is 0 Å². The summed E-state index contributed by atoms with van der Waals surface area (Å²) in [6.07, 6.45) is 0.338. The normalized spacial score (nSPS) is 12.7. The Kier molecular flexibility index (Phi) is 5.48. The zero-order valence-corrected chi connectivity index (χ0v) is 14.9. The van der Waals surface area contributed by atoms with Crippen LogP contribution in [-0.2, 0) is 16.6 Å². The van der Waals surface area contributed by atoms with Crippen molar-refractivity contribution in [1.29, 1.82) is 0 Å². The number of amides is 1. The van der Waals surface area contributed by atoms with Crippen molar-refractivity contribution in [3.8, 4) is 0 Å². The van der Waals surface area contributed by atoms with Crippen molar-refractivity contribution in [2.24, 2.45) is 0 Å². The molecule has 2 rings (SSSR count). The largest absolute Gasteiger partial charge is 0.349 e. The smallest absolute Gasteiger partial charge is 0.224 e. The first-order valence-electron chi connectivity index (χ1n) is 7.90. The quantitative estimate of drug-likeness (QED) is 0.834. The van der Waals surface area contributed by atoms with Gasteiger partial charge < -0.3 is 5.32 Å². The van der Waals surface area contributed by atoms with Gasteiger partial charge in [0.05, 0.1) is 12.5 Å². The lowest BCUT2D eigenvalue weighted by Crippen LogP contribution is -2.28. The third kappa shape index (κ3) is 5.11. The second-order valence-corrected chi connectivity index (χ2v) is 7.40. The third-order valence-corrected chi connectivity index (χ3v) is 4.14. The van der Waals surface area contributed by atoms with Crippen LogP contribution in [0, 0.1) is 0 Å². The maximum atomic E-state index is 12.2. The van der Waals surface area contributed by atoms with E-state index in [1.165, 1.54) is 5.56 Å². The molecule has 0 heterocycles. The summed E-state index contributed by atoms with van der Waals surface area (Å²) < 4.78 is 0. The minimum atomic E-state index is -0.0179. The molecule has 0 radical (unpaired) electrons. The van der Waals surface area contributed by atoms with Crippen molar-refractivity contribution in [1.82, 2.24) is 5.32 Å². The highest BCUT2D eigenvalue weighted by Gasteiger charge is 2.15. The highest BCUT2D eigenvalue weighted by atomic mass is 35.5. The summed E-state index contributed by atoms with van der Waals surface area (Å²) in [5.74, 6) is -0.000311. The molecule has 3 heteroatoms. The van der Waals surface area contributed by atoms with Crippen LogP contribution in [0.1, 0.15) is 50.4 Å². The van der Waals surface area contributed by atoms with Gasteiger partial charge in [0.2, 0.25) is 5.91 Å². The van der Waals surface area contributed by atoms with E-state index in [0.29, 0.717) is 11.4 Å². The Bertz CT molecular complexity index is 671. The van der Waals surface area contributed by atoms with Gasteiger partial charge >= 0.3 is 0 Å². The molecule has 2 aromatic carbocycles. The Morgan fingerprint density at radius 1 is 1.13 bits per heavy atom. The maximum absolute atomic E-state index is 12.2. The molecule has 122 valence electrons. The van der Waals surface area contributed by atoms with Crippen LogP contribution >= 0.6 is 11.6 Å². The summed E-state index contributed by atoms with van der Waals surface area (Å²) in [5.41, 5.74) is 3.46. The second kappa shape index (κ2) is 7.18. The molecule has 1 atom stereocenters. The van der Waals surface area contributed by atoms with Gasteiger partial charge in [-0.2, -0.15) is 0 Å². The van der Waals surface area contributed by atoms with Crippen LogP contribution in [0.4, 0.5) is 0 Å². The molecule has 1 N–H and O–H groups in total. The Labute approximate surface area is 143 Å². The van der Waals surface area contributed by atoms with Crippen LogP contribution in [0.5, 0.6) is 0 Å². The van der Waals surface area contributed by atoms with Crippen LogP contribution < -0.4 is 5.32 Å². The molecular formula is C20H24ClNO. The number of rotatable bonds is 4. The van der Waals surface area contributed by atoms with Crippen molar-refractivity contribution in [3.05, 3.63) is 70.2 Å². The van der Waals surface area contributed by atoms with Gasteiger partial charge in [-0.1, -0.05) is 68.8 Å². The zero-order valence-electron chi connectivity index (χ0n) is 14.2. The monoisotopic (exact) mass is 329 g/mol. The van der Waals surface area contributed by atoms with Gasteiger partial charge in [-0.05, 0) is 41.2 Å². The van der Waals surface area contributed by atoms with Crippen molar-refractivity contribution >= 4 is 17.5 Å². The lowest BCUT2D eigenvalue weighted by Gasteiger charge is -2.20. The van der Waals surface area contributed by atoms with Gasteiger partial charge in [-0.25, -0.2) is 0 Å². The van der Waals surface area contributed by atoms with Gasteiger partial charge in [0.1, 0.15) is 0 Å². The summed E-state index contributed by atoms with van der Waals surface area (Å²) >= 11 is 5.95. The first-order chi connectivity index (χ1) is 10.8. The van der Waals surface area contributed by atoms with Crippen LogP contribution in [0.25, 0.3) is 0 Å². The van der Waals surface area contributed by atoms with E-state index in [1.54, 1.807) is 0 Å². The first kappa shape index (κ1) is 17.6. The SMILES string of the molecule is CC(NC(=O)Cc1cccc(Cl)c1)c1ccc(C(C)(C)C)cc1. The van der Waals surface area contributed by atoms with Crippen molar-refractivity contribution in [3.63, 3.8) is 0 Å². The number of benzene rings is 2. The first-order valence-corrected chi connectivity index (χ1v) is 8.28. The van der Waals surface area contributed by atoms with E-state index >= 15 is 0 Å². The predicted molar refractivity (Wildman–Crippen MR) is 96.9 cm³/mol. The molecule has 1 unspecified atom stereocenters. The summed E-state index contributed by atoms with van der Waals surface area (Å²) in [5, 5.41) is 3.69. The fourth-order valence-corrected chi connectivity index (χ4v) is 2.69. The lowest BCUT2D eigenvalue weighted by atomic mass is 9.86. The van der Waals surface area contributed by atoms with Gasteiger partial charge in [-0.3, -0.25) is 4.79 Å². The Balaban J connectivity index is 1.98. The van der Waals surface area contributed by atoms with E-state index in [0.717, 1.165) is 11.1 Å². The third-order valence-electron chi connectivity index (χ3n) is 3.91. The van der Waals surface area contributed by atoms with Crippen LogP contribution in [0.3, 0.4) is 0 Å². The molecule has 0 spiro atoms. The summed E-state index contributed by atoms with van der Waals surface area (Å²) in [7, 11) is 0. The molecule has 0 bridgehead atoms. The predicted octanol–water partition coefficient (Wildman–Crippen LogP) is 5.06. The fourth-order valence-electron chi connectivity index (χ4n) is 2.48. The topological polar surface area (TPSA) is 29.1 Å². The molecule has 2 aromatic rings. The Hall–Kier alpha value is -1.80. The molecular weight excluding hydrogens is 306 g/mol. The molecule has 0 aliphatic rings. The average molecular weight is 330 g/mol. The molecule has 0 aliphatic heterocycles. The number of hydrogen-bond acceptors (Lipinski definition) is 1. The van der Waals surface area contributed by atoms with Gasteiger partial charge in [0.15, 0.2) is 0 Å². The molecule has 2 nitrogen and oxygen atoms in total. The number of nitrogens with one attached hydrogen (secondary N) is 1. The molecule has 1 amide bonds. The Morgan fingerprint density at radius 3 is 2.35 bits per heavy atom. The minimum Gasteiger partial charge on any atom is -0.349 e. The lowest BCUT2D eigenvalue weighted by molar-refractivity contribution is -0.121. The maximum Gasteiger partial charge on any atom is 0.224 e. The van der Waals surface area contributed by atoms with E-state index < -0.39 is 0 Å². The molecule has 23 heavy (non-hydrogen) atoms. The number of carbonyl (C=O) groups excluding carboxylic acids is 1. The standard InChI is InChI=1S/C20H24ClNO/c1-14(16-8-10-17(11-9-16)20(2,3)4)22-19(23)13-15-6-5-7-18(21)12-15/h5-12,14H,13H2,1-4H3,(H,22,23). The summed E-state index contributed by atoms with van der Waals surface area (Å²) in [4.78, 5) is 12.2.